The van der Waals surface area contributed by atoms with Crippen molar-refractivity contribution in [3.63, 3.8) is 0 Å². The quantitative estimate of drug-likeness (QED) is 0.452. The molecule has 1 amide bonds. The van der Waals surface area contributed by atoms with Crippen LogP contribution in [0, 0.1) is 5.82 Å². The number of fused-ring (bicyclic) bond motifs is 1. The molecule has 0 radical (unpaired) electrons. The molecule has 1 aromatic carbocycles. The van der Waals surface area contributed by atoms with Crippen LogP contribution >= 0.6 is 0 Å². The van der Waals surface area contributed by atoms with Gasteiger partial charge in [-0.3, -0.25) is 4.98 Å². The van der Waals surface area contributed by atoms with Gasteiger partial charge in [-0.2, -0.15) is 18.2 Å². The first-order chi connectivity index (χ1) is 15.8. The molecule has 3 aromatic rings. The minimum atomic E-state index is -4.97. The number of rotatable bonds is 2. The van der Waals surface area contributed by atoms with Gasteiger partial charge in [-0.1, -0.05) is 6.07 Å². The predicted octanol–water partition coefficient (Wildman–Crippen LogP) is 5.49. The number of amides is 1. The van der Waals surface area contributed by atoms with E-state index in [-0.39, 0.29) is 48.5 Å². The van der Waals surface area contributed by atoms with E-state index in [1.54, 1.807) is 50.8 Å². The highest BCUT2D eigenvalue weighted by Crippen LogP contribution is 2.42. The highest BCUT2D eigenvalue weighted by molar-refractivity contribution is 5.92. The van der Waals surface area contributed by atoms with Crippen molar-refractivity contribution < 1.29 is 31.5 Å². The molecule has 0 aliphatic carbocycles. The molecular weight excluding hydrogens is 456 g/mol. The van der Waals surface area contributed by atoms with Crippen molar-refractivity contribution in [3.05, 3.63) is 41.8 Å². The molecule has 3 heterocycles. The zero-order valence-electron chi connectivity index (χ0n) is 19.1. The van der Waals surface area contributed by atoms with E-state index in [0.29, 0.717) is 0 Å². The Morgan fingerprint density at radius 2 is 1.94 bits per heavy atom. The van der Waals surface area contributed by atoms with E-state index in [0.717, 1.165) is 6.07 Å². The number of ether oxygens (including phenoxy) is 1. The molecule has 0 spiro atoms. The standard InChI is InChI=1S/C23H24F4N4O3/c1-13-12-30(21(32)34-22(2,3)4)9-10-31(13)20-29-18-17(23(25,26)27)15(24)11-14(19(18)33-20)16-7-5-6-8-28-16/h5-8,11,13H,9-10,12H2,1-4H3/t13-/m0/s1. The van der Waals surface area contributed by atoms with Gasteiger partial charge >= 0.3 is 12.3 Å². The normalized spacial score (nSPS) is 17.4. The summed E-state index contributed by atoms with van der Waals surface area (Å²) >= 11 is 0. The second-order valence-electron chi connectivity index (χ2n) is 9.14. The van der Waals surface area contributed by atoms with Gasteiger partial charge in [0.05, 0.1) is 5.69 Å². The predicted molar refractivity (Wildman–Crippen MR) is 117 cm³/mol. The fourth-order valence-corrected chi connectivity index (χ4v) is 3.88. The van der Waals surface area contributed by atoms with E-state index in [1.165, 1.54) is 11.1 Å². The average Bonchev–Trinajstić information content (AvgIpc) is 3.15. The van der Waals surface area contributed by atoms with Crippen LogP contribution < -0.4 is 4.90 Å². The number of halogens is 4. The lowest BCUT2D eigenvalue weighted by Crippen LogP contribution is -2.54. The number of piperazine rings is 1. The van der Waals surface area contributed by atoms with Crippen LogP contribution in [0.1, 0.15) is 33.3 Å². The topological polar surface area (TPSA) is 71.7 Å². The van der Waals surface area contributed by atoms with E-state index < -0.39 is 34.8 Å². The third kappa shape index (κ3) is 4.64. The van der Waals surface area contributed by atoms with Gasteiger partial charge in [0, 0.05) is 37.4 Å². The molecule has 1 fully saturated rings. The number of pyridine rings is 1. The zero-order chi connectivity index (χ0) is 24.8. The summed E-state index contributed by atoms with van der Waals surface area (Å²) < 4.78 is 67.0. The number of hydrogen-bond donors (Lipinski definition) is 0. The van der Waals surface area contributed by atoms with Gasteiger partial charge in [-0.15, -0.1) is 0 Å². The molecule has 7 nitrogen and oxygen atoms in total. The Morgan fingerprint density at radius 1 is 1.21 bits per heavy atom. The number of benzene rings is 1. The van der Waals surface area contributed by atoms with Crippen LogP contribution in [0.4, 0.5) is 28.4 Å². The van der Waals surface area contributed by atoms with Crippen LogP contribution in [0.15, 0.2) is 34.9 Å². The fraction of sp³-hybridized carbons (Fsp3) is 0.435. The summed E-state index contributed by atoms with van der Waals surface area (Å²) in [6.45, 7) is 7.83. The molecule has 182 valence electrons. The van der Waals surface area contributed by atoms with Gasteiger partial charge in [-0.05, 0) is 45.9 Å². The number of alkyl halides is 3. The second kappa shape index (κ2) is 8.44. The van der Waals surface area contributed by atoms with Crippen molar-refractivity contribution in [2.45, 2.75) is 45.5 Å². The van der Waals surface area contributed by atoms with Gasteiger partial charge < -0.3 is 19.0 Å². The van der Waals surface area contributed by atoms with E-state index >= 15 is 0 Å². The van der Waals surface area contributed by atoms with Crippen molar-refractivity contribution in [3.8, 4) is 11.3 Å². The number of carbonyl (C=O) groups excluding carboxylic acids is 1. The first kappa shape index (κ1) is 23.8. The maximum Gasteiger partial charge on any atom is 0.421 e. The van der Waals surface area contributed by atoms with Crippen LogP contribution in [0.5, 0.6) is 0 Å². The first-order valence-corrected chi connectivity index (χ1v) is 10.7. The largest absolute Gasteiger partial charge is 0.444 e. The Hall–Kier alpha value is -3.37. The van der Waals surface area contributed by atoms with E-state index in [2.05, 4.69) is 9.97 Å². The highest BCUT2D eigenvalue weighted by atomic mass is 19.4. The lowest BCUT2D eigenvalue weighted by Gasteiger charge is -2.39. The van der Waals surface area contributed by atoms with Crippen LogP contribution in [0.2, 0.25) is 0 Å². The van der Waals surface area contributed by atoms with Gasteiger partial charge in [0.25, 0.3) is 6.01 Å². The fourth-order valence-electron chi connectivity index (χ4n) is 3.88. The van der Waals surface area contributed by atoms with Gasteiger partial charge in [0.15, 0.2) is 5.58 Å². The first-order valence-electron chi connectivity index (χ1n) is 10.7. The van der Waals surface area contributed by atoms with Crippen molar-refractivity contribution in [1.82, 2.24) is 14.9 Å². The van der Waals surface area contributed by atoms with E-state index in [9.17, 15) is 22.4 Å². The number of aromatic nitrogens is 2. The molecule has 1 aliphatic rings. The van der Waals surface area contributed by atoms with Crippen LogP contribution in [0.3, 0.4) is 0 Å². The number of nitrogens with zero attached hydrogens (tertiary/aromatic N) is 4. The highest BCUT2D eigenvalue weighted by Gasteiger charge is 2.40. The maximum atomic E-state index is 14.7. The summed E-state index contributed by atoms with van der Waals surface area (Å²) in [5.74, 6) is -1.46. The van der Waals surface area contributed by atoms with Crippen molar-refractivity contribution in [2.24, 2.45) is 0 Å². The molecule has 0 N–H and O–H groups in total. The molecule has 34 heavy (non-hydrogen) atoms. The Morgan fingerprint density at radius 3 is 2.53 bits per heavy atom. The van der Waals surface area contributed by atoms with E-state index in [4.69, 9.17) is 9.15 Å². The summed E-state index contributed by atoms with van der Waals surface area (Å²) in [5.41, 5.74) is -2.64. The molecule has 4 rings (SSSR count). The lowest BCUT2D eigenvalue weighted by atomic mass is 10.0. The van der Waals surface area contributed by atoms with Gasteiger partial charge in [0.2, 0.25) is 0 Å². The lowest BCUT2D eigenvalue weighted by molar-refractivity contribution is -0.138. The molecule has 0 saturated carbocycles. The summed E-state index contributed by atoms with van der Waals surface area (Å²) in [4.78, 5) is 23.8. The molecule has 1 saturated heterocycles. The third-order valence-corrected chi connectivity index (χ3v) is 5.36. The zero-order valence-corrected chi connectivity index (χ0v) is 19.1. The van der Waals surface area contributed by atoms with Gasteiger partial charge in [-0.25, -0.2) is 9.18 Å². The Kier molecular flexibility index (Phi) is 5.91. The molecule has 1 atom stereocenters. The molecule has 0 bridgehead atoms. The number of anilines is 1. The molecule has 11 heteroatoms. The summed E-state index contributed by atoms with van der Waals surface area (Å²) in [7, 11) is 0. The molecule has 2 aromatic heterocycles. The molecule has 0 unspecified atom stereocenters. The Balaban J connectivity index is 1.73. The van der Waals surface area contributed by atoms with E-state index in [1.807, 2.05) is 0 Å². The Bertz CT molecular complexity index is 1200. The number of carbonyl (C=O) groups is 1. The van der Waals surface area contributed by atoms with Crippen LogP contribution in [-0.2, 0) is 10.9 Å². The SMILES string of the molecule is C[C@H]1CN(C(=O)OC(C)(C)C)CCN1c1nc2c(C(F)(F)F)c(F)cc(-c3ccccn3)c2o1. The maximum absolute atomic E-state index is 14.7. The summed E-state index contributed by atoms with van der Waals surface area (Å²) in [6, 6.07) is 5.17. The smallest absolute Gasteiger partial charge is 0.421 e. The van der Waals surface area contributed by atoms with Gasteiger partial charge in [0.1, 0.15) is 22.5 Å². The Labute approximate surface area is 193 Å². The van der Waals surface area contributed by atoms with Crippen LogP contribution in [-0.4, -0.2) is 52.2 Å². The van der Waals surface area contributed by atoms with Crippen molar-refractivity contribution >= 4 is 23.2 Å². The number of oxazole rings is 1. The minimum absolute atomic E-state index is 0.0693. The second-order valence-corrected chi connectivity index (χ2v) is 9.14. The molecule has 1 aliphatic heterocycles. The third-order valence-electron chi connectivity index (χ3n) is 5.36. The monoisotopic (exact) mass is 480 g/mol. The minimum Gasteiger partial charge on any atom is -0.444 e. The van der Waals surface area contributed by atoms with Crippen molar-refractivity contribution in [2.75, 3.05) is 24.5 Å². The summed E-state index contributed by atoms with van der Waals surface area (Å²) in [5, 5.41) is 0. The average molecular weight is 480 g/mol. The molecular formula is C23H24F4N4O3. The summed E-state index contributed by atoms with van der Waals surface area (Å²) in [6.07, 6.45) is -4.00. The number of hydrogen-bond acceptors (Lipinski definition) is 6. The van der Waals surface area contributed by atoms with Crippen LogP contribution in [0.25, 0.3) is 22.4 Å². The van der Waals surface area contributed by atoms with Crippen molar-refractivity contribution in [1.29, 1.82) is 0 Å².